The Bertz CT molecular complexity index is 3250. The molecule has 0 saturated heterocycles. The van der Waals surface area contributed by atoms with Crippen molar-refractivity contribution >= 4 is 46.4 Å². The summed E-state index contributed by atoms with van der Waals surface area (Å²) in [5.41, 5.74) is 12.5. The smallest absolute Gasteiger partial charge is 0.139 e. The maximum atomic E-state index is 14.8. The summed E-state index contributed by atoms with van der Waals surface area (Å²) in [6.45, 7) is 14.3. The van der Waals surface area contributed by atoms with Gasteiger partial charge in [-0.15, -0.1) is 54.1 Å². The fourth-order valence-electron chi connectivity index (χ4n) is 8.31. The Hall–Kier alpha value is -6.38. The van der Waals surface area contributed by atoms with Gasteiger partial charge in [-0.2, -0.15) is 0 Å². The third-order valence-electron chi connectivity index (χ3n) is 11.6. The topological polar surface area (TPSA) is 56.7 Å². The van der Waals surface area contributed by atoms with Crippen molar-refractivity contribution in [2.45, 2.75) is 58.8 Å². The molecular formula is C56H48F2IrN4OSi-2. The third-order valence-corrected chi connectivity index (χ3v) is 13.7. The van der Waals surface area contributed by atoms with E-state index in [9.17, 15) is 8.78 Å². The number of rotatable bonds is 8. The van der Waals surface area contributed by atoms with Gasteiger partial charge < -0.3 is 14.0 Å². The first-order valence-corrected chi connectivity index (χ1v) is 25.1. The van der Waals surface area contributed by atoms with Gasteiger partial charge in [0.15, 0.2) is 0 Å². The fraction of sp³-hybridized carbons (Fsp3) is 0.161. The van der Waals surface area contributed by atoms with E-state index < -0.39 is 8.07 Å². The normalized spacial score (nSPS) is 11.7. The SMILES string of the molecule is CC(C)(C)c1cccc(-c2ccccc2)c1CCn1c(-c2[c-]ccc3c2oc2cc(-c4ccc(F)cc4)cnc23)nc2ccc(F)cc21.C[Si](C)(C)c1ccc(-c2[c-]cccc2)nc1.[Ir]. The first-order chi connectivity index (χ1) is 30.8. The predicted octanol–water partition coefficient (Wildman–Crippen LogP) is 14.0. The van der Waals surface area contributed by atoms with Gasteiger partial charge in [-0.25, -0.2) is 8.78 Å². The van der Waals surface area contributed by atoms with Crippen LogP contribution in [0.15, 0.2) is 162 Å². The van der Waals surface area contributed by atoms with Gasteiger partial charge in [-0.05, 0) is 92.3 Å². The molecule has 65 heavy (non-hydrogen) atoms. The van der Waals surface area contributed by atoms with Crippen molar-refractivity contribution in [1.29, 1.82) is 0 Å². The van der Waals surface area contributed by atoms with E-state index >= 15 is 0 Å². The molecule has 4 heterocycles. The number of benzene rings is 6. The van der Waals surface area contributed by atoms with Crippen LogP contribution in [0.3, 0.4) is 0 Å². The maximum Gasteiger partial charge on any atom is 0.139 e. The molecule has 0 aliphatic rings. The van der Waals surface area contributed by atoms with Crippen LogP contribution in [0.1, 0.15) is 31.9 Å². The first kappa shape index (κ1) is 45.2. The van der Waals surface area contributed by atoms with Crippen LogP contribution in [0.4, 0.5) is 8.78 Å². The number of furan rings is 1. The van der Waals surface area contributed by atoms with Crippen LogP contribution in [0.2, 0.25) is 19.6 Å². The van der Waals surface area contributed by atoms with E-state index in [1.54, 1.807) is 30.5 Å². The molecule has 327 valence electrons. The number of hydrogen-bond donors (Lipinski definition) is 0. The van der Waals surface area contributed by atoms with E-state index in [1.165, 1.54) is 40.1 Å². The fourth-order valence-corrected chi connectivity index (χ4v) is 9.35. The molecule has 4 aromatic heterocycles. The first-order valence-electron chi connectivity index (χ1n) is 21.6. The molecule has 0 fully saturated rings. The van der Waals surface area contributed by atoms with Crippen LogP contribution in [0.5, 0.6) is 0 Å². The molecule has 0 unspecified atom stereocenters. The van der Waals surface area contributed by atoms with E-state index in [-0.39, 0.29) is 37.2 Å². The summed E-state index contributed by atoms with van der Waals surface area (Å²) in [5.74, 6) is 0.0323. The van der Waals surface area contributed by atoms with E-state index in [0.29, 0.717) is 52.1 Å². The van der Waals surface area contributed by atoms with Gasteiger partial charge in [0.25, 0.3) is 0 Å². The predicted molar refractivity (Wildman–Crippen MR) is 260 cm³/mol. The Morgan fingerprint density at radius 2 is 1.46 bits per heavy atom. The molecule has 1 radical (unpaired) electrons. The summed E-state index contributed by atoms with van der Waals surface area (Å²) in [7, 11) is -1.23. The Morgan fingerprint density at radius 1 is 0.692 bits per heavy atom. The number of halogens is 2. The van der Waals surface area contributed by atoms with Crippen LogP contribution in [-0.4, -0.2) is 27.6 Å². The molecule has 0 atom stereocenters. The number of nitrogens with zero attached hydrogens (tertiary/aromatic N) is 4. The second-order valence-corrected chi connectivity index (χ2v) is 23.2. The average Bonchev–Trinajstić information content (AvgIpc) is 3.86. The summed E-state index contributed by atoms with van der Waals surface area (Å²) in [4.78, 5) is 14.3. The minimum absolute atomic E-state index is 0. The number of aromatic nitrogens is 4. The van der Waals surface area contributed by atoms with Gasteiger partial charge in [-0.3, -0.25) is 9.97 Å². The Kier molecular flexibility index (Phi) is 12.9. The number of hydrogen-bond acceptors (Lipinski definition) is 4. The molecule has 0 saturated carbocycles. The standard InChI is InChI=1S/C42H32F2N3O.C14H16NSi.Ir/c1-42(2,3)35-14-8-11-31(27-9-5-4-6-10-27)32(35)21-22-47-37-24-30(44)19-20-36(37)46-41(47)34-13-7-12-33-39-38(48-40(33)34)23-28(25-45-39)26-15-17-29(43)18-16-26;1-16(2,3)13-9-10-14(15-11-13)12-7-5-4-6-8-12;/h4-12,14-20,23-25H,21-22H2,1-3H3;4-7,9-11H,1-3H3;/q2*-1;. The van der Waals surface area contributed by atoms with E-state index in [4.69, 9.17) is 14.4 Å². The van der Waals surface area contributed by atoms with Crippen LogP contribution in [-0.2, 0) is 38.5 Å². The van der Waals surface area contributed by atoms with E-state index in [0.717, 1.165) is 33.3 Å². The number of pyridine rings is 2. The molecule has 0 bridgehead atoms. The molecule has 0 spiro atoms. The zero-order valence-corrected chi connectivity index (χ0v) is 40.6. The summed E-state index contributed by atoms with van der Waals surface area (Å²) in [6, 6.07) is 52.5. The zero-order valence-electron chi connectivity index (χ0n) is 37.2. The number of imidazole rings is 1. The van der Waals surface area contributed by atoms with Gasteiger partial charge in [0.2, 0.25) is 0 Å². The molecular weight excluding hydrogens is 1000 g/mol. The molecule has 0 amide bonds. The summed E-state index contributed by atoms with van der Waals surface area (Å²) >= 11 is 0. The minimum atomic E-state index is -1.23. The van der Waals surface area contributed by atoms with Crippen LogP contribution < -0.4 is 5.19 Å². The van der Waals surface area contributed by atoms with Gasteiger partial charge in [0, 0.05) is 44.6 Å². The average molecular weight is 1050 g/mol. The van der Waals surface area contributed by atoms with Crippen LogP contribution in [0, 0.1) is 23.8 Å². The van der Waals surface area contributed by atoms with Crippen LogP contribution in [0.25, 0.3) is 78.0 Å². The molecule has 10 rings (SSSR count). The van der Waals surface area contributed by atoms with Gasteiger partial charge in [0.05, 0.1) is 36.0 Å². The maximum absolute atomic E-state index is 14.8. The molecule has 0 aliphatic carbocycles. The molecule has 6 aromatic carbocycles. The Balaban J connectivity index is 0.000000287. The molecule has 0 aliphatic heterocycles. The van der Waals surface area contributed by atoms with Crippen molar-refractivity contribution in [3.63, 3.8) is 0 Å². The van der Waals surface area contributed by atoms with Crippen molar-refractivity contribution in [2.24, 2.45) is 0 Å². The molecule has 10 aromatic rings. The Morgan fingerprint density at radius 3 is 2.17 bits per heavy atom. The second-order valence-electron chi connectivity index (χ2n) is 18.2. The van der Waals surface area contributed by atoms with Crippen molar-refractivity contribution in [2.75, 3.05) is 0 Å². The van der Waals surface area contributed by atoms with Crippen molar-refractivity contribution < 1.29 is 33.3 Å². The van der Waals surface area contributed by atoms with Crippen molar-refractivity contribution in [3.05, 3.63) is 193 Å². The number of aryl methyl sites for hydroxylation is 1. The van der Waals surface area contributed by atoms with E-state index in [1.807, 2.05) is 54.7 Å². The number of fused-ring (bicyclic) bond motifs is 4. The molecule has 9 heteroatoms. The van der Waals surface area contributed by atoms with Crippen molar-refractivity contribution in [3.8, 4) is 44.9 Å². The quantitative estimate of drug-likeness (QED) is 0.112. The third kappa shape index (κ3) is 9.55. The summed E-state index contributed by atoms with van der Waals surface area (Å²) in [5, 5.41) is 2.23. The molecule has 0 N–H and O–H groups in total. The van der Waals surface area contributed by atoms with Crippen LogP contribution >= 0.6 is 0 Å². The van der Waals surface area contributed by atoms with Gasteiger partial charge in [-0.1, -0.05) is 119 Å². The minimum Gasteiger partial charge on any atom is -0.499 e. The van der Waals surface area contributed by atoms with Gasteiger partial charge >= 0.3 is 0 Å². The monoisotopic (exact) mass is 1050 g/mol. The van der Waals surface area contributed by atoms with Crippen molar-refractivity contribution in [1.82, 2.24) is 19.5 Å². The second kappa shape index (κ2) is 18.6. The van der Waals surface area contributed by atoms with E-state index in [2.05, 4.69) is 117 Å². The van der Waals surface area contributed by atoms with Gasteiger partial charge in [0.1, 0.15) is 17.2 Å². The Labute approximate surface area is 393 Å². The largest absolute Gasteiger partial charge is 0.499 e. The summed E-state index contributed by atoms with van der Waals surface area (Å²) < 4.78 is 37.0. The zero-order chi connectivity index (χ0) is 44.6. The molecule has 5 nitrogen and oxygen atoms in total. The summed E-state index contributed by atoms with van der Waals surface area (Å²) in [6.07, 6.45) is 4.49.